The predicted molar refractivity (Wildman–Crippen MR) is 89.6 cm³/mol. The number of aryl methyl sites for hydroxylation is 1. The third-order valence-corrected chi connectivity index (χ3v) is 5.41. The molecule has 0 fully saturated rings. The van der Waals surface area contributed by atoms with Crippen LogP contribution in [0.2, 0.25) is 5.02 Å². The average Bonchev–Trinajstić information content (AvgIpc) is 2.86. The molecule has 0 aromatic heterocycles. The van der Waals surface area contributed by atoms with E-state index in [1.54, 1.807) is 18.9 Å². The Bertz CT molecular complexity index is 527. The van der Waals surface area contributed by atoms with Crippen LogP contribution in [0.4, 0.5) is 5.69 Å². The topological polar surface area (TPSA) is 33.6 Å². The fourth-order valence-corrected chi connectivity index (χ4v) is 3.68. The quantitative estimate of drug-likeness (QED) is 0.872. The van der Waals surface area contributed by atoms with Crippen LogP contribution in [0, 0.1) is 6.92 Å². The van der Waals surface area contributed by atoms with Crippen LogP contribution in [0.25, 0.3) is 0 Å². The maximum atomic E-state index is 6.13. The second-order valence-electron chi connectivity index (χ2n) is 5.06. The number of benzene rings is 1. The normalized spacial score (nSPS) is 16.9. The molecule has 1 aromatic carbocycles. The van der Waals surface area contributed by atoms with E-state index >= 15 is 0 Å². The van der Waals surface area contributed by atoms with Crippen LogP contribution in [-0.4, -0.2) is 23.6 Å². The zero-order chi connectivity index (χ0) is 14.8. The second-order valence-corrected chi connectivity index (χ2v) is 6.44. The molecule has 0 aliphatic carbocycles. The number of hydrogen-bond acceptors (Lipinski definition) is 4. The minimum Gasteiger partial charge on any atom is -0.495 e. The van der Waals surface area contributed by atoms with E-state index in [0.29, 0.717) is 5.02 Å². The van der Waals surface area contributed by atoms with Crippen molar-refractivity contribution in [2.75, 3.05) is 18.2 Å². The van der Waals surface area contributed by atoms with Crippen LogP contribution >= 0.6 is 23.4 Å². The smallest absolute Gasteiger partial charge is 0.161 e. The van der Waals surface area contributed by atoms with E-state index in [1.165, 1.54) is 0 Å². The first-order valence-electron chi connectivity index (χ1n) is 6.87. The molecule has 20 heavy (non-hydrogen) atoms. The van der Waals surface area contributed by atoms with Crippen molar-refractivity contribution in [1.29, 1.82) is 0 Å². The second kappa shape index (κ2) is 6.27. The molecule has 3 nitrogen and oxygen atoms in total. The van der Waals surface area contributed by atoms with Crippen molar-refractivity contribution in [1.82, 2.24) is 0 Å². The molecule has 0 amide bonds. The Hall–Kier alpha value is -0.870. The third kappa shape index (κ3) is 3.07. The van der Waals surface area contributed by atoms with E-state index in [4.69, 9.17) is 21.3 Å². The van der Waals surface area contributed by atoms with Crippen LogP contribution < -0.4 is 10.1 Å². The Balaban J connectivity index is 2.25. The maximum absolute atomic E-state index is 6.13. The number of nitrogens with zero attached hydrogens (tertiary/aromatic N) is 1. The van der Waals surface area contributed by atoms with Gasteiger partial charge >= 0.3 is 0 Å². The molecule has 1 aromatic rings. The molecule has 1 aliphatic rings. The standard InChI is InChI=1S/C15H21ClN2OS/c1-5-15(6-2)9-20-14(18-15)17-12-7-10(3)11(16)8-13(12)19-4/h7-8H,5-6,9H2,1-4H3,(H,17,18). The zero-order valence-electron chi connectivity index (χ0n) is 12.4. The summed E-state index contributed by atoms with van der Waals surface area (Å²) in [6, 6.07) is 3.84. The average molecular weight is 313 g/mol. The summed E-state index contributed by atoms with van der Waals surface area (Å²) in [7, 11) is 1.65. The minimum absolute atomic E-state index is 0.0850. The Labute approximate surface area is 130 Å². The molecule has 2 rings (SSSR count). The van der Waals surface area contributed by atoms with Crippen molar-refractivity contribution in [3.05, 3.63) is 22.7 Å². The lowest BCUT2D eigenvalue weighted by Gasteiger charge is -2.20. The lowest BCUT2D eigenvalue weighted by atomic mass is 9.97. The van der Waals surface area contributed by atoms with Gasteiger partial charge in [-0.1, -0.05) is 37.2 Å². The SMILES string of the molecule is CCC1(CC)CSC(Nc2cc(C)c(Cl)cc2OC)=N1. The Morgan fingerprint density at radius 3 is 2.65 bits per heavy atom. The summed E-state index contributed by atoms with van der Waals surface area (Å²) >= 11 is 7.90. The number of rotatable bonds is 4. The first kappa shape index (κ1) is 15.5. The molecule has 0 saturated heterocycles. The number of nitrogens with one attached hydrogen (secondary N) is 1. The van der Waals surface area contributed by atoms with Crippen LogP contribution in [0.5, 0.6) is 5.75 Å². The van der Waals surface area contributed by atoms with Gasteiger partial charge in [-0.3, -0.25) is 4.99 Å². The van der Waals surface area contributed by atoms with Crippen molar-refractivity contribution >= 4 is 34.2 Å². The number of anilines is 1. The highest BCUT2D eigenvalue weighted by Gasteiger charge is 2.32. The van der Waals surface area contributed by atoms with E-state index in [1.807, 2.05) is 19.1 Å². The zero-order valence-corrected chi connectivity index (χ0v) is 14.0. The lowest BCUT2D eigenvalue weighted by Crippen LogP contribution is -2.24. The molecule has 0 saturated carbocycles. The number of amidine groups is 1. The van der Waals surface area contributed by atoms with Gasteiger partial charge in [-0.05, 0) is 31.4 Å². The molecule has 0 radical (unpaired) electrons. The van der Waals surface area contributed by atoms with Gasteiger partial charge < -0.3 is 10.1 Å². The summed E-state index contributed by atoms with van der Waals surface area (Å²) in [5.41, 5.74) is 2.03. The highest BCUT2D eigenvalue weighted by molar-refractivity contribution is 8.14. The van der Waals surface area contributed by atoms with Crippen molar-refractivity contribution in [2.45, 2.75) is 39.2 Å². The molecule has 0 unspecified atom stereocenters. The molecule has 110 valence electrons. The van der Waals surface area contributed by atoms with Crippen LogP contribution in [0.15, 0.2) is 17.1 Å². The van der Waals surface area contributed by atoms with Crippen molar-refractivity contribution in [3.8, 4) is 5.75 Å². The Morgan fingerprint density at radius 2 is 2.10 bits per heavy atom. The molecule has 1 aliphatic heterocycles. The maximum Gasteiger partial charge on any atom is 0.161 e. The van der Waals surface area contributed by atoms with E-state index in [-0.39, 0.29) is 5.54 Å². The number of ether oxygens (including phenoxy) is 1. The molecular weight excluding hydrogens is 292 g/mol. The van der Waals surface area contributed by atoms with Crippen molar-refractivity contribution < 1.29 is 4.74 Å². The van der Waals surface area contributed by atoms with Gasteiger partial charge in [-0.2, -0.15) is 0 Å². The van der Waals surface area contributed by atoms with Gasteiger partial charge in [0.25, 0.3) is 0 Å². The van der Waals surface area contributed by atoms with E-state index < -0.39 is 0 Å². The molecule has 0 atom stereocenters. The van der Waals surface area contributed by atoms with Gasteiger partial charge in [0, 0.05) is 16.8 Å². The Kier molecular flexibility index (Phi) is 4.86. The molecule has 5 heteroatoms. The molecule has 0 bridgehead atoms. The predicted octanol–water partition coefficient (Wildman–Crippen LogP) is 4.73. The van der Waals surface area contributed by atoms with Crippen LogP contribution in [0.3, 0.4) is 0 Å². The highest BCUT2D eigenvalue weighted by Crippen LogP contribution is 2.36. The number of aliphatic imine (C=N–C) groups is 1. The summed E-state index contributed by atoms with van der Waals surface area (Å²) < 4.78 is 5.38. The van der Waals surface area contributed by atoms with Crippen molar-refractivity contribution in [2.24, 2.45) is 4.99 Å². The number of methoxy groups -OCH3 is 1. The van der Waals surface area contributed by atoms with Crippen LogP contribution in [-0.2, 0) is 0 Å². The van der Waals surface area contributed by atoms with Gasteiger partial charge in [0.15, 0.2) is 5.17 Å². The highest BCUT2D eigenvalue weighted by atomic mass is 35.5. The van der Waals surface area contributed by atoms with Crippen LogP contribution in [0.1, 0.15) is 32.3 Å². The summed E-state index contributed by atoms with van der Waals surface area (Å²) in [5, 5.41) is 5.06. The third-order valence-electron chi connectivity index (χ3n) is 3.85. The van der Waals surface area contributed by atoms with Gasteiger partial charge in [0.1, 0.15) is 5.75 Å². The van der Waals surface area contributed by atoms with Crippen molar-refractivity contribution in [3.63, 3.8) is 0 Å². The van der Waals surface area contributed by atoms with E-state index in [0.717, 1.165) is 40.8 Å². The molecule has 1 N–H and O–H groups in total. The van der Waals surface area contributed by atoms with Gasteiger partial charge in [0.2, 0.25) is 0 Å². The first-order chi connectivity index (χ1) is 9.53. The summed E-state index contributed by atoms with van der Waals surface area (Å²) in [5.74, 6) is 1.78. The van der Waals surface area contributed by atoms with Gasteiger partial charge in [-0.15, -0.1) is 0 Å². The monoisotopic (exact) mass is 312 g/mol. The molecule has 1 heterocycles. The summed E-state index contributed by atoms with van der Waals surface area (Å²) in [6.07, 6.45) is 2.14. The fraction of sp³-hybridized carbons (Fsp3) is 0.533. The molecular formula is C15H21ClN2OS. The van der Waals surface area contributed by atoms with E-state index in [9.17, 15) is 0 Å². The summed E-state index contributed by atoms with van der Waals surface area (Å²) in [6.45, 7) is 6.38. The largest absolute Gasteiger partial charge is 0.495 e. The Morgan fingerprint density at radius 1 is 1.40 bits per heavy atom. The first-order valence-corrected chi connectivity index (χ1v) is 8.23. The number of halogens is 1. The summed E-state index contributed by atoms with van der Waals surface area (Å²) in [4.78, 5) is 4.86. The minimum atomic E-state index is 0.0850. The number of thioether (sulfide) groups is 1. The lowest BCUT2D eigenvalue weighted by molar-refractivity contribution is 0.417. The van der Waals surface area contributed by atoms with E-state index in [2.05, 4.69) is 19.2 Å². The molecule has 0 spiro atoms. The number of hydrogen-bond donors (Lipinski definition) is 1. The van der Waals surface area contributed by atoms with Gasteiger partial charge in [-0.25, -0.2) is 0 Å². The van der Waals surface area contributed by atoms with Gasteiger partial charge in [0.05, 0.1) is 18.3 Å². The fourth-order valence-electron chi connectivity index (χ4n) is 2.20.